The summed E-state index contributed by atoms with van der Waals surface area (Å²) in [6.45, 7) is 0. The molecule has 1 heterocycles. The van der Waals surface area contributed by atoms with Crippen molar-refractivity contribution in [2.24, 2.45) is 7.05 Å². The van der Waals surface area contributed by atoms with Gasteiger partial charge in [0, 0.05) is 24.5 Å². The summed E-state index contributed by atoms with van der Waals surface area (Å²) in [4.78, 5) is 0. The molecule has 0 atom stereocenters. The van der Waals surface area contributed by atoms with Gasteiger partial charge < -0.3 is 4.57 Å². The predicted octanol–water partition coefficient (Wildman–Crippen LogP) is 2.44. The smallest absolute Gasteiger partial charge is 0.101 e. The quantitative estimate of drug-likeness (QED) is 0.721. The first-order valence-electron chi connectivity index (χ1n) is 4.83. The highest BCUT2D eigenvalue weighted by molar-refractivity contribution is 5.71. The van der Waals surface area contributed by atoms with Gasteiger partial charge in [0.15, 0.2) is 0 Å². The van der Waals surface area contributed by atoms with Crippen LogP contribution in [0.15, 0.2) is 36.5 Å². The van der Waals surface area contributed by atoms with Crippen molar-refractivity contribution in [3.8, 4) is 23.4 Å². The van der Waals surface area contributed by atoms with Crippen molar-refractivity contribution >= 4 is 0 Å². The SMILES string of the molecule is Cn1cccc1-c1cccc(C#N)c1C#N. The lowest BCUT2D eigenvalue weighted by molar-refractivity contribution is 0.936. The van der Waals surface area contributed by atoms with E-state index in [1.54, 1.807) is 12.1 Å². The Labute approximate surface area is 93.8 Å². The molecule has 2 aromatic rings. The summed E-state index contributed by atoms with van der Waals surface area (Å²) >= 11 is 0. The molecular weight excluding hydrogens is 198 g/mol. The highest BCUT2D eigenvalue weighted by Crippen LogP contribution is 2.25. The van der Waals surface area contributed by atoms with E-state index in [-0.39, 0.29) is 0 Å². The predicted molar refractivity (Wildman–Crippen MR) is 60.3 cm³/mol. The minimum absolute atomic E-state index is 0.418. The number of aryl methyl sites for hydroxylation is 1. The first-order valence-corrected chi connectivity index (χ1v) is 4.83. The highest BCUT2D eigenvalue weighted by atomic mass is 14.9. The van der Waals surface area contributed by atoms with E-state index in [2.05, 4.69) is 6.07 Å². The Hall–Kier alpha value is -2.52. The first kappa shape index (κ1) is 10.0. The van der Waals surface area contributed by atoms with Crippen LogP contribution in [0.1, 0.15) is 11.1 Å². The summed E-state index contributed by atoms with van der Waals surface area (Å²) < 4.78 is 1.93. The third-order valence-electron chi connectivity index (χ3n) is 2.52. The summed E-state index contributed by atoms with van der Waals surface area (Å²) in [6.07, 6.45) is 1.91. The van der Waals surface area contributed by atoms with Crippen LogP contribution in [0.4, 0.5) is 0 Å². The lowest BCUT2D eigenvalue weighted by Crippen LogP contribution is -1.94. The van der Waals surface area contributed by atoms with Gasteiger partial charge in [-0.1, -0.05) is 12.1 Å². The van der Waals surface area contributed by atoms with Gasteiger partial charge in [0.05, 0.1) is 11.1 Å². The van der Waals surface area contributed by atoms with Crippen LogP contribution in [-0.2, 0) is 7.05 Å². The molecule has 3 nitrogen and oxygen atoms in total. The molecule has 0 bridgehead atoms. The van der Waals surface area contributed by atoms with Crippen LogP contribution in [0, 0.1) is 22.7 Å². The molecule has 0 radical (unpaired) electrons. The maximum absolute atomic E-state index is 9.11. The number of hydrogen-bond acceptors (Lipinski definition) is 2. The van der Waals surface area contributed by atoms with Gasteiger partial charge in [-0.2, -0.15) is 10.5 Å². The van der Waals surface area contributed by atoms with Gasteiger partial charge in [0.2, 0.25) is 0 Å². The first-order chi connectivity index (χ1) is 7.77. The molecule has 0 aliphatic carbocycles. The summed E-state index contributed by atoms with van der Waals surface area (Å²) in [6, 6.07) is 13.3. The van der Waals surface area contributed by atoms with Gasteiger partial charge in [-0.3, -0.25) is 0 Å². The average Bonchev–Trinajstić information content (AvgIpc) is 2.74. The number of aromatic nitrogens is 1. The van der Waals surface area contributed by atoms with E-state index < -0.39 is 0 Å². The highest BCUT2D eigenvalue weighted by Gasteiger charge is 2.10. The van der Waals surface area contributed by atoms with Crippen LogP contribution in [-0.4, -0.2) is 4.57 Å². The Balaban J connectivity index is 2.73. The third-order valence-corrected chi connectivity index (χ3v) is 2.52. The Bertz CT molecular complexity index is 609. The summed E-state index contributed by atoms with van der Waals surface area (Å²) in [5.74, 6) is 0. The molecule has 0 N–H and O–H groups in total. The number of nitriles is 2. The lowest BCUT2D eigenvalue weighted by Gasteiger charge is -2.06. The Morgan fingerprint density at radius 1 is 1.06 bits per heavy atom. The molecule has 0 aliphatic rings. The summed E-state index contributed by atoms with van der Waals surface area (Å²) in [7, 11) is 1.91. The molecule has 3 heteroatoms. The molecule has 2 rings (SSSR count). The Kier molecular flexibility index (Phi) is 2.45. The maximum atomic E-state index is 9.11. The molecule has 0 saturated heterocycles. The minimum Gasteiger partial charge on any atom is -0.351 e. The van der Waals surface area contributed by atoms with E-state index in [4.69, 9.17) is 10.5 Å². The zero-order chi connectivity index (χ0) is 11.5. The van der Waals surface area contributed by atoms with E-state index in [9.17, 15) is 0 Å². The normalized spacial score (nSPS) is 9.44. The van der Waals surface area contributed by atoms with Crippen LogP contribution in [0.2, 0.25) is 0 Å². The van der Waals surface area contributed by atoms with Gasteiger partial charge in [-0.05, 0) is 18.2 Å². The Morgan fingerprint density at radius 3 is 2.44 bits per heavy atom. The molecule has 1 aromatic carbocycles. The van der Waals surface area contributed by atoms with Crippen LogP contribution in [0.5, 0.6) is 0 Å². The number of benzene rings is 1. The van der Waals surface area contributed by atoms with Crippen molar-refractivity contribution in [3.05, 3.63) is 47.7 Å². The van der Waals surface area contributed by atoms with Gasteiger partial charge >= 0.3 is 0 Å². The van der Waals surface area contributed by atoms with E-state index in [1.165, 1.54) is 0 Å². The fourth-order valence-corrected chi connectivity index (χ4v) is 1.72. The van der Waals surface area contributed by atoms with Crippen LogP contribution in [0.25, 0.3) is 11.3 Å². The zero-order valence-electron chi connectivity index (χ0n) is 8.81. The fourth-order valence-electron chi connectivity index (χ4n) is 1.72. The monoisotopic (exact) mass is 207 g/mol. The van der Waals surface area contributed by atoms with E-state index in [0.717, 1.165) is 11.3 Å². The van der Waals surface area contributed by atoms with Crippen molar-refractivity contribution in [1.29, 1.82) is 10.5 Å². The zero-order valence-corrected chi connectivity index (χ0v) is 8.81. The number of nitrogens with zero attached hydrogens (tertiary/aromatic N) is 3. The molecule has 1 aromatic heterocycles. The summed E-state index contributed by atoms with van der Waals surface area (Å²) in [5, 5.41) is 18.0. The topological polar surface area (TPSA) is 52.5 Å². The van der Waals surface area contributed by atoms with Gasteiger partial charge in [0.1, 0.15) is 12.1 Å². The van der Waals surface area contributed by atoms with Crippen molar-refractivity contribution in [2.45, 2.75) is 0 Å². The second-order valence-corrected chi connectivity index (χ2v) is 3.46. The Morgan fingerprint density at radius 2 is 1.88 bits per heavy atom. The second kappa shape index (κ2) is 3.92. The maximum Gasteiger partial charge on any atom is 0.101 e. The van der Waals surface area contributed by atoms with Crippen molar-refractivity contribution in [1.82, 2.24) is 4.57 Å². The molecule has 0 saturated carbocycles. The molecule has 0 amide bonds. The van der Waals surface area contributed by atoms with Gasteiger partial charge in [-0.25, -0.2) is 0 Å². The van der Waals surface area contributed by atoms with Crippen LogP contribution in [0.3, 0.4) is 0 Å². The van der Waals surface area contributed by atoms with Gasteiger partial charge in [0.25, 0.3) is 0 Å². The van der Waals surface area contributed by atoms with Gasteiger partial charge in [-0.15, -0.1) is 0 Å². The van der Waals surface area contributed by atoms with Crippen LogP contribution >= 0.6 is 0 Å². The summed E-state index contributed by atoms with van der Waals surface area (Å²) in [5.41, 5.74) is 2.59. The van der Waals surface area contributed by atoms with Crippen molar-refractivity contribution in [3.63, 3.8) is 0 Å². The minimum atomic E-state index is 0.418. The molecule has 16 heavy (non-hydrogen) atoms. The molecule has 0 fully saturated rings. The van der Waals surface area contributed by atoms with Crippen molar-refractivity contribution < 1.29 is 0 Å². The third kappa shape index (κ3) is 1.45. The second-order valence-electron chi connectivity index (χ2n) is 3.46. The molecule has 0 unspecified atom stereocenters. The molecule has 0 spiro atoms. The van der Waals surface area contributed by atoms with Crippen LogP contribution < -0.4 is 0 Å². The van der Waals surface area contributed by atoms with Crippen molar-refractivity contribution in [2.75, 3.05) is 0 Å². The molecule has 0 aliphatic heterocycles. The number of rotatable bonds is 1. The molecular formula is C13H9N3. The fraction of sp³-hybridized carbons (Fsp3) is 0.0769. The lowest BCUT2D eigenvalue weighted by atomic mass is 10.0. The van der Waals surface area contributed by atoms with E-state index in [0.29, 0.717) is 11.1 Å². The largest absolute Gasteiger partial charge is 0.351 e. The van der Waals surface area contributed by atoms with E-state index in [1.807, 2.05) is 42.1 Å². The number of hydrogen-bond donors (Lipinski definition) is 0. The standard InChI is InChI=1S/C13H9N3/c1-16-7-3-6-13(16)11-5-2-4-10(8-14)12(11)9-15/h2-7H,1H3. The van der Waals surface area contributed by atoms with E-state index >= 15 is 0 Å². The molecule has 76 valence electrons. The average molecular weight is 207 g/mol.